The number of halogens is 1. The predicted octanol–water partition coefficient (Wildman–Crippen LogP) is 14.0. The third-order valence-corrected chi connectivity index (χ3v) is 15.6. The number of aromatic nitrogens is 9. The van der Waals surface area contributed by atoms with Gasteiger partial charge in [-0.2, -0.15) is 0 Å². The smallest absolute Gasteiger partial charge is 0.420 e. The van der Waals surface area contributed by atoms with Gasteiger partial charge in [-0.05, 0) is 211 Å². The number of hydrogen-bond acceptors (Lipinski definition) is 16. The summed E-state index contributed by atoms with van der Waals surface area (Å²) < 4.78 is 30.9. The molecule has 87 heavy (non-hydrogen) atoms. The van der Waals surface area contributed by atoms with Crippen LogP contribution in [0.2, 0.25) is 0 Å². The highest BCUT2D eigenvalue weighted by Gasteiger charge is 2.30. The number of fused-ring (bicyclic) bond motifs is 3. The molecule has 12 rings (SSSR count). The Bertz CT molecular complexity index is 4040. The van der Waals surface area contributed by atoms with Gasteiger partial charge in [0.15, 0.2) is 0 Å². The van der Waals surface area contributed by atoms with E-state index in [1.807, 2.05) is 125 Å². The maximum Gasteiger partial charge on any atom is 0.420 e. The highest BCUT2D eigenvalue weighted by atomic mass is 79.9. The summed E-state index contributed by atoms with van der Waals surface area (Å²) in [5, 5.41) is 14.9. The first-order valence-corrected chi connectivity index (χ1v) is 30.2. The number of H-pyrrole nitrogens is 1. The fourth-order valence-electron chi connectivity index (χ4n) is 11.2. The van der Waals surface area contributed by atoms with Crippen molar-refractivity contribution >= 4 is 90.3 Å². The predicted molar refractivity (Wildman–Crippen MR) is 335 cm³/mol. The van der Waals surface area contributed by atoms with Gasteiger partial charge in [-0.25, -0.2) is 33.7 Å². The third-order valence-electron chi connectivity index (χ3n) is 15.0. The average molecular weight is 1250 g/mol. The minimum Gasteiger partial charge on any atom is -0.443 e. The zero-order valence-electron chi connectivity index (χ0n) is 52.4. The molecule has 0 atom stereocenters. The molecular formula is C64H77BrN12O10. The van der Waals surface area contributed by atoms with Gasteiger partial charge < -0.3 is 43.1 Å². The van der Waals surface area contributed by atoms with Crippen LogP contribution in [0.1, 0.15) is 151 Å². The van der Waals surface area contributed by atoms with Crippen LogP contribution < -0.4 is 15.1 Å². The number of aryl methyl sites for hydroxylation is 9. The first-order chi connectivity index (χ1) is 41.1. The molecule has 9 aromatic rings. The van der Waals surface area contributed by atoms with E-state index in [0.29, 0.717) is 64.5 Å². The largest absolute Gasteiger partial charge is 0.443 e. The Labute approximate surface area is 513 Å². The van der Waals surface area contributed by atoms with E-state index in [1.165, 1.54) is 9.13 Å². The van der Waals surface area contributed by atoms with E-state index in [2.05, 4.69) is 62.7 Å². The number of hydrogen-bond donors (Lipinski definition) is 2. The molecule has 3 aliphatic heterocycles. The number of anilines is 2. The minimum absolute atomic E-state index is 0.0629. The van der Waals surface area contributed by atoms with Crippen molar-refractivity contribution in [1.82, 2.24) is 49.9 Å². The highest BCUT2D eigenvalue weighted by Crippen LogP contribution is 2.40. The summed E-state index contributed by atoms with van der Waals surface area (Å²) in [7, 11) is 0. The number of carbonyl (C=O) groups excluding carboxylic acids is 5. The minimum atomic E-state index is -0.648. The Balaban J connectivity index is 0.000000148. The summed E-state index contributed by atoms with van der Waals surface area (Å²) in [6, 6.07) is 11.8. The van der Waals surface area contributed by atoms with E-state index < -0.39 is 23.4 Å². The number of carbonyl (C=O) groups is 5. The molecule has 3 amide bonds. The van der Waals surface area contributed by atoms with Gasteiger partial charge >= 0.3 is 12.2 Å². The fraction of sp³-hybridized carbons (Fsp3) is 0.453. The summed E-state index contributed by atoms with van der Waals surface area (Å²) in [6.45, 7) is 30.0. The molecule has 3 saturated heterocycles. The Morgan fingerprint density at radius 1 is 0.529 bits per heavy atom. The molecule has 0 spiro atoms. The number of ether oxygens (including phenoxy) is 2. The zero-order valence-corrected chi connectivity index (χ0v) is 54.0. The Kier molecular flexibility index (Phi) is 18.5. The molecule has 3 aliphatic rings. The summed E-state index contributed by atoms with van der Waals surface area (Å²) in [4.78, 5) is 81.9. The van der Waals surface area contributed by atoms with Crippen molar-refractivity contribution in [2.75, 3.05) is 29.4 Å². The second-order valence-electron chi connectivity index (χ2n) is 24.3. The first kappa shape index (κ1) is 63.0. The van der Waals surface area contributed by atoms with E-state index in [1.54, 1.807) is 18.7 Å². The monoisotopic (exact) mass is 1250 g/mol. The first-order valence-electron chi connectivity index (χ1n) is 29.4. The maximum absolute atomic E-state index is 13.0. The lowest BCUT2D eigenvalue weighted by molar-refractivity contribution is -0.122. The molecule has 0 aliphatic carbocycles. The van der Waals surface area contributed by atoms with Crippen LogP contribution in [0.25, 0.3) is 66.5 Å². The van der Waals surface area contributed by atoms with Crippen LogP contribution in [0.5, 0.6) is 0 Å². The van der Waals surface area contributed by atoms with E-state index in [9.17, 15) is 24.0 Å². The van der Waals surface area contributed by atoms with Gasteiger partial charge in [-0.3, -0.25) is 14.4 Å². The normalized spacial score (nSPS) is 14.8. The molecule has 0 saturated carbocycles. The van der Waals surface area contributed by atoms with Gasteiger partial charge in [0.1, 0.15) is 62.5 Å². The summed E-state index contributed by atoms with van der Waals surface area (Å²) in [5.41, 5.74) is 12.5. The number of nitrogens with zero attached hydrogens (tertiary/aromatic N) is 10. The quantitative estimate of drug-likeness (QED) is 0.162. The van der Waals surface area contributed by atoms with E-state index in [-0.39, 0.29) is 17.7 Å². The van der Waals surface area contributed by atoms with Gasteiger partial charge in [0.25, 0.3) is 0 Å². The zero-order chi connectivity index (χ0) is 63.0. The van der Waals surface area contributed by atoms with Gasteiger partial charge in [0.05, 0.1) is 45.0 Å². The molecule has 9 heterocycles. The Morgan fingerprint density at radius 2 is 0.954 bits per heavy atom. The number of nitrogens with one attached hydrogen (secondary N) is 2. The number of imidazole rings is 3. The lowest BCUT2D eigenvalue weighted by Gasteiger charge is -2.27. The molecule has 3 aromatic carbocycles. The molecule has 0 unspecified atom stereocenters. The molecular weight excluding hydrogens is 1180 g/mol. The third kappa shape index (κ3) is 13.9. The molecule has 2 N–H and O–H groups in total. The van der Waals surface area contributed by atoms with E-state index in [0.717, 1.165) is 147 Å². The van der Waals surface area contributed by atoms with Crippen LogP contribution in [0.15, 0.2) is 54.4 Å². The molecule has 23 heteroatoms. The lowest BCUT2D eigenvalue weighted by Crippen LogP contribution is -2.35. The van der Waals surface area contributed by atoms with E-state index in [4.69, 9.17) is 23.0 Å². The van der Waals surface area contributed by atoms with Crippen LogP contribution in [0.3, 0.4) is 0 Å². The average Bonchev–Trinajstić information content (AvgIpc) is 1.90. The van der Waals surface area contributed by atoms with Crippen molar-refractivity contribution in [1.29, 1.82) is 0 Å². The lowest BCUT2D eigenvalue weighted by atomic mass is 10.0. The van der Waals surface area contributed by atoms with Crippen molar-refractivity contribution < 1.29 is 47.0 Å². The second kappa shape index (κ2) is 25.5. The Hall–Kier alpha value is -8.47. The second-order valence-corrected chi connectivity index (χ2v) is 25.1. The van der Waals surface area contributed by atoms with Crippen molar-refractivity contribution in [2.24, 2.45) is 0 Å². The van der Waals surface area contributed by atoms with Crippen LogP contribution in [-0.2, 0) is 23.9 Å². The number of aromatic amines is 1. The number of benzene rings is 3. The fourth-order valence-corrected chi connectivity index (χ4v) is 11.7. The van der Waals surface area contributed by atoms with Crippen LogP contribution in [0.4, 0.5) is 21.0 Å². The summed E-state index contributed by atoms with van der Waals surface area (Å²) in [6.07, 6.45) is 6.91. The molecule has 3 fully saturated rings. The standard InChI is InChI=1S/C23H28N4O4.C18H20BrN3O3.C18H20N4O2.C5H9NO/c1-13-20(14(2)31-25-13)16-11-17(26-10-8-7-9-19(26)28)21-18(12-16)27(15(3)24-21)22(29)30-23(4,5)6;1-9-15(10(2)25-21-9)12-7-13(19)16-14(8-12)22(11(3)20-16)17(23)24-18(4,5)6;1-10-17(11(2)24-21-10)13-8-14-18(20-12(3)19-14)15(9-13)22-7-5-4-6-16(22)23;7-5-3-1-2-4-6-5/h11-12H,7-10H2,1-6H3;7-8H,1-6H3;8-9H,4-7H2,1-3H3,(H,19,20);1-4H2,(H,6,7). The number of piperidine rings is 3. The topological polar surface area (TPSA) is 265 Å². The molecule has 6 aromatic heterocycles. The van der Waals surface area contributed by atoms with Gasteiger partial charge in [-0.15, -0.1) is 0 Å². The highest BCUT2D eigenvalue weighted by molar-refractivity contribution is 9.10. The van der Waals surface area contributed by atoms with Crippen molar-refractivity contribution in [3.63, 3.8) is 0 Å². The van der Waals surface area contributed by atoms with Gasteiger partial charge in [-0.1, -0.05) is 15.5 Å². The van der Waals surface area contributed by atoms with Crippen molar-refractivity contribution in [3.8, 4) is 33.4 Å². The summed E-state index contributed by atoms with van der Waals surface area (Å²) >= 11 is 3.56. The summed E-state index contributed by atoms with van der Waals surface area (Å²) in [5.74, 6) is 4.53. The van der Waals surface area contributed by atoms with Gasteiger partial charge in [0.2, 0.25) is 17.7 Å². The number of amides is 3. The van der Waals surface area contributed by atoms with Gasteiger partial charge in [0, 0.05) is 60.1 Å². The Morgan fingerprint density at radius 3 is 1.36 bits per heavy atom. The molecule has 460 valence electrons. The van der Waals surface area contributed by atoms with Crippen molar-refractivity contribution in [3.05, 3.63) is 92.7 Å². The van der Waals surface area contributed by atoms with Crippen LogP contribution in [0, 0.1) is 62.3 Å². The molecule has 22 nitrogen and oxygen atoms in total. The maximum atomic E-state index is 13.0. The van der Waals surface area contributed by atoms with Crippen LogP contribution in [-0.4, -0.2) is 105 Å². The van der Waals surface area contributed by atoms with E-state index >= 15 is 0 Å². The van der Waals surface area contributed by atoms with Crippen LogP contribution >= 0.6 is 15.9 Å². The SMILES string of the molecule is Cc1nc2c(N3CCCCC3=O)cc(-c3c(C)noc3C)cc2[nH]1.Cc1noc(C)c1-c1cc(Br)c2nc(C)n(C(=O)OC(C)(C)C)c2c1.Cc1noc(C)c1-c1cc(N2CCCCC2=O)c2nc(C)n(C(=O)OC(C)(C)C)c2c1.O=C1CCCCN1. The van der Waals surface area contributed by atoms with Crippen molar-refractivity contribution in [2.45, 2.75) is 173 Å². The number of rotatable bonds is 5. The molecule has 0 bridgehead atoms. The molecule has 0 radical (unpaired) electrons.